The number of hydrogen-bond donors (Lipinski definition) is 2. The first-order valence-electron chi connectivity index (χ1n) is 5.27. The second-order valence-corrected chi connectivity index (χ2v) is 3.90. The van der Waals surface area contributed by atoms with E-state index >= 15 is 0 Å². The number of anilines is 1. The highest BCUT2D eigenvalue weighted by Gasteiger charge is 2.28. The van der Waals surface area contributed by atoms with Gasteiger partial charge >= 0.3 is 5.97 Å². The van der Waals surface area contributed by atoms with Crippen LogP contribution in [-0.4, -0.2) is 22.9 Å². The van der Waals surface area contributed by atoms with Gasteiger partial charge in [0.2, 0.25) is 0 Å². The van der Waals surface area contributed by atoms with E-state index in [1.54, 1.807) is 6.07 Å². The van der Waals surface area contributed by atoms with Crippen molar-refractivity contribution in [1.29, 1.82) is 0 Å². The minimum atomic E-state index is -0.987. The molecule has 1 heterocycles. The van der Waals surface area contributed by atoms with Gasteiger partial charge in [-0.3, -0.25) is 4.79 Å². The molecule has 0 saturated carbocycles. The van der Waals surface area contributed by atoms with Crippen LogP contribution in [0.2, 0.25) is 0 Å². The predicted octanol–water partition coefficient (Wildman–Crippen LogP) is 1.70. The van der Waals surface area contributed by atoms with E-state index in [0.29, 0.717) is 11.3 Å². The van der Waals surface area contributed by atoms with E-state index < -0.39 is 12.0 Å². The Kier molecular flexibility index (Phi) is 2.64. The van der Waals surface area contributed by atoms with E-state index in [-0.39, 0.29) is 12.2 Å². The number of nitrogens with one attached hydrogen (secondary N) is 1. The van der Waals surface area contributed by atoms with Gasteiger partial charge in [0.1, 0.15) is 6.04 Å². The standard InChI is InChI=1S/C12H13NO3/c1-2-7-3-4-9-8(5-7)11(14)6-10(13-9)12(15)16/h3-5,10,13H,2,6H2,1H3,(H,15,16). The lowest BCUT2D eigenvalue weighted by Crippen LogP contribution is -2.36. The number of ketones is 1. The van der Waals surface area contributed by atoms with Gasteiger partial charge in [-0.25, -0.2) is 4.79 Å². The number of aryl methyl sites for hydroxylation is 1. The lowest BCUT2D eigenvalue weighted by Gasteiger charge is -2.23. The summed E-state index contributed by atoms with van der Waals surface area (Å²) in [5.74, 6) is -1.09. The third kappa shape index (κ3) is 1.78. The highest BCUT2D eigenvalue weighted by atomic mass is 16.4. The number of aliphatic carboxylic acids is 1. The highest BCUT2D eigenvalue weighted by molar-refractivity contribution is 6.06. The van der Waals surface area contributed by atoms with E-state index in [0.717, 1.165) is 12.0 Å². The lowest BCUT2D eigenvalue weighted by atomic mass is 9.94. The maximum atomic E-state index is 11.8. The number of carbonyl (C=O) groups excluding carboxylic acids is 1. The largest absolute Gasteiger partial charge is 0.480 e. The van der Waals surface area contributed by atoms with Gasteiger partial charge in [-0.05, 0) is 24.1 Å². The highest BCUT2D eigenvalue weighted by Crippen LogP contribution is 2.26. The van der Waals surface area contributed by atoms with Gasteiger partial charge in [0.15, 0.2) is 5.78 Å². The molecule has 4 nitrogen and oxygen atoms in total. The molecule has 0 radical (unpaired) electrons. The molecule has 1 aromatic rings. The van der Waals surface area contributed by atoms with E-state index in [4.69, 9.17) is 5.11 Å². The Balaban J connectivity index is 2.38. The first kappa shape index (κ1) is 10.7. The van der Waals surface area contributed by atoms with Gasteiger partial charge < -0.3 is 10.4 Å². The molecular weight excluding hydrogens is 206 g/mol. The molecule has 0 aromatic heterocycles. The molecule has 1 unspecified atom stereocenters. The average molecular weight is 219 g/mol. The van der Waals surface area contributed by atoms with Crippen LogP contribution in [-0.2, 0) is 11.2 Å². The fourth-order valence-corrected chi connectivity index (χ4v) is 1.85. The topological polar surface area (TPSA) is 66.4 Å². The molecule has 0 aliphatic carbocycles. The molecule has 0 bridgehead atoms. The molecule has 1 aromatic carbocycles. The Bertz CT molecular complexity index is 454. The molecule has 0 spiro atoms. The number of carbonyl (C=O) groups is 2. The summed E-state index contributed by atoms with van der Waals surface area (Å²) in [6.45, 7) is 2.02. The van der Waals surface area contributed by atoms with E-state index in [9.17, 15) is 9.59 Å². The monoisotopic (exact) mass is 219 g/mol. The summed E-state index contributed by atoms with van der Waals surface area (Å²) in [5, 5.41) is 11.7. The first-order valence-corrected chi connectivity index (χ1v) is 5.27. The van der Waals surface area contributed by atoms with Crippen LogP contribution < -0.4 is 5.32 Å². The van der Waals surface area contributed by atoms with Gasteiger partial charge in [0, 0.05) is 17.7 Å². The predicted molar refractivity (Wildman–Crippen MR) is 59.8 cm³/mol. The van der Waals surface area contributed by atoms with Crippen molar-refractivity contribution < 1.29 is 14.7 Å². The molecule has 1 aliphatic rings. The van der Waals surface area contributed by atoms with Gasteiger partial charge in [-0.15, -0.1) is 0 Å². The van der Waals surface area contributed by atoms with Crippen molar-refractivity contribution >= 4 is 17.4 Å². The number of hydrogen-bond acceptors (Lipinski definition) is 3. The summed E-state index contributed by atoms with van der Waals surface area (Å²) in [4.78, 5) is 22.6. The Morgan fingerprint density at radius 2 is 2.31 bits per heavy atom. The average Bonchev–Trinajstić information content (AvgIpc) is 2.28. The molecule has 2 N–H and O–H groups in total. The number of carboxylic acids is 1. The zero-order chi connectivity index (χ0) is 11.7. The van der Waals surface area contributed by atoms with Crippen LogP contribution in [0.5, 0.6) is 0 Å². The fraction of sp³-hybridized carbons (Fsp3) is 0.333. The minimum absolute atomic E-state index is 0.0233. The van der Waals surface area contributed by atoms with Crippen LogP contribution in [0.25, 0.3) is 0 Å². The van der Waals surface area contributed by atoms with Crippen molar-refractivity contribution in [1.82, 2.24) is 0 Å². The quantitative estimate of drug-likeness (QED) is 0.794. The molecule has 16 heavy (non-hydrogen) atoms. The van der Waals surface area contributed by atoms with Crippen molar-refractivity contribution in [2.24, 2.45) is 0 Å². The molecule has 1 atom stereocenters. The fourth-order valence-electron chi connectivity index (χ4n) is 1.85. The van der Waals surface area contributed by atoms with Crippen molar-refractivity contribution in [2.75, 3.05) is 5.32 Å². The maximum absolute atomic E-state index is 11.8. The minimum Gasteiger partial charge on any atom is -0.480 e. The molecule has 84 valence electrons. The summed E-state index contributed by atoms with van der Waals surface area (Å²) < 4.78 is 0. The van der Waals surface area contributed by atoms with Crippen molar-refractivity contribution in [3.05, 3.63) is 29.3 Å². The Labute approximate surface area is 93.3 Å². The van der Waals surface area contributed by atoms with Crippen LogP contribution >= 0.6 is 0 Å². The molecule has 4 heteroatoms. The molecule has 0 amide bonds. The normalized spacial score (nSPS) is 18.8. The smallest absolute Gasteiger partial charge is 0.326 e. The van der Waals surface area contributed by atoms with Crippen molar-refractivity contribution in [3.63, 3.8) is 0 Å². The number of rotatable bonds is 2. The summed E-state index contributed by atoms with van der Waals surface area (Å²) in [5.41, 5.74) is 2.32. The second kappa shape index (κ2) is 3.96. The van der Waals surface area contributed by atoms with Gasteiger partial charge in [-0.1, -0.05) is 13.0 Å². The van der Waals surface area contributed by atoms with Crippen LogP contribution in [0.1, 0.15) is 29.3 Å². The zero-order valence-electron chi connectivity index (χ0n) is 8.99. The second-order valence-electron chi connectivity index (χ2n) is 3.90. The Morgan fingerprint density at radius 3 is 2.94 bits per heavy atom. The molecular formula is C12H13NO3. The third-order valence-electron chi connectivity index (χ3n) is 2.81. The summed E-state index contributed by atoms with van der Waals surface area (Å²) in [6, 6.07) is 4.72. The van der Waals surface area contributed by atoms with Gasteiger partial charge in [0.05, 0.1) is 0 Å². The van der Waals surface area contributed by atoms with E-state index in [1.165, 1.54) is 0 Å². The maximum Gasteiger partial charge on any atom is 0.326 e. The third-order valence-corrected chi connectivity index (χ3v) is 2.81. The van der Waals surface area contributed by atoms with Gasteiger partial charge in [0.25, 0.3) is 0 Å². The lowest BCUT2D eigenvalue weighted by molar-refractivity contribution is -0.137. The first-order chi connectivity index (χ1) is 7.61. The van der Waals surface area contributed by atoms with Crippen molar-refractivity contribution in [2.45, 2.75) is 25.8 Å². The molecule has 1 aliphatic heterocycles. The number of fused-ring (bicyclic) bond motifs is 1. The van der Waals surface area contributed by atoms with E-state index in [1.807, 2.05) is 19.1 Å². The summed E-state index contributed by atoms with van der Waals surface area (Å²) in [7, 11) is 0. The van der Waals surface area contributed by atoms with Crippen LogP contribution in [0.3, 0.4) is 0 Å². The van der Waals surface area contributed by atoms with Crippen molar-refractivity contribution in [3.8, 4) is 0 Å². The molecule has 0 fully saturated rings. The number of carboxylic acid groups (broad SMARTS) is 1. The van der Waals surface area contributed by atoms with Crippen LogP contribution in [0.15, 0.2) is 18.2 Å². The molecule has 0 saturated heterocycles. The number of benzene rings is 1. The number of Topliss-reactive ketones (excluding diaryl/α,β-unsaturated/α-hetero) is 1. The summed E-state index contributed by atoms with van der Waals surface area (Å²) >= 11 is 0. The Hall–Kier alpha value is -1.84. The zero-order valence-corrected chi connectivity index (χ0v) is 8.99. The van der Waals surface area contributed by atoms with Gasteiger partial charge in [-0.2, -0.15) is 0 Å². The SMILES string of the molecule is CCc1ccc2c(c1)C(=O)CC(C(=O)O)N2. The Morgan fingerprint density at radius 1 is 1.56 bits per heavy atom. The van der Waals surface area contributed by atoms with Crippen LogP contribution in [0.4, 0.5) is 5.69 Å². The summed E-state index contributed by atoms with van der Waals surface area (Å²) in [6.07, 6.45) is 0.887. The molecule has 2 rings (SSSR count). The van der Waals surface area contributed by atoms with E-state index in [2.05, 4.69) is 5.32 Å². The van der Waals surface area contributed by atoms with Crippen LogP contribution in [0, 0.1) is 0 Å².